The molecule has 6 aromatic rings. The minimum absolute atomic E-state index is 0.778. The molecule has 0 saturated heterocycles. The van der Waals surface area contributed by atoms with E-state index in [2.05, 4.69) is 52.3 Å². The molecular formula is C35H30N2O2P2. The van der Waals surface area contributed by atoms with Gasteiger partial charge in [-0.1, -0.05) is 78.9 Å². The second-order valence-electron chi connectivity index (χ2n) is 10.7. The lowest BCUT2D eigenvalue weighted by Gasteiger charge is -2.32. The zero-order valence-corrected chi connectivity index (χ0v) is 25.1. The zero-order valence-electron chi connectivity index (χ0n) is 23.2. The Morgan fingerprint density at radius 3 is 1.95 bits per heavy atom. The molecule has 2 unspecified atom stereocenters. The summed E-state index contributed by atoms with van der Waals surface area (Å²) in [5.41, 5.74) is 3.44. The van der Waals surface area contributed by atoms with Gasteiger partial charge in [0.05, 0.1) is 22.7 Å². The molecule has 0 N–H and O–H groups in total. The first-order valence-electron chi connectivity index (χ1n) is 13.7. The summed E-state index contributed by atoms with van der Waals surface area (Å²) in [4.78, 5) is 4.17. The van der Waals surface area contributed by atoms with Gasteiger partial charge in [-0.3, -0.25) is 0 Å². The molecule has 0 aromatic heterocycles. The summed E-state index contributed by atoms with van der Waals surface area (Å²) >= 11 is 0. The lowest BCUT2D eigenvalue weighted by molar-refractivity contribution is 0.590. The highest BCUT2D eigenvalue weighted by Crippen LogP contribution is 2.49. The quantitative estimate of drug-likeness (QED) is 0.179. The summed E-state index contributed by atoms with van der Waals surface area (Å²) in [5, 5.41) is 7.32. The average molecular weight is 573 g/mol. The van der Waals surface area contributed by atoms with Crippen LogP contribution in [0.2, 0.25) is 0 Å². The number of para-hydroxylation sites is 2. The third-order valence-corrected chi connectivity index (χ3v) is 12.7. The fourth-order valence-electron chi connectivity index (χ4n) is 6.22. The fourth-order valence-corrected chi connectivity index (χ4v) is 10.3. The Labute approximate surface area is 241 Å². The number of rotatable bonds is 0. The first-order valence-corrected chi connectivity index (χ1v) is 17.3. The van der Waals surface area contributed by atoms with E-state index in [1.165, 1.54) is 0 Å². The van der Waals surface area contributed by atoms with Gasteiger partial charge >= 0.3 is 0 Å². The lowest BCUT2D eigenvalue weighted by atomic mass is 10.1. The Hall–Kier alpha value is -4.10. The Kier molecular flexibility index (Phi) is 6.16. The van der Waals surface area contributed by atoms with Gasteiger partial charge in [-0.15, -0.1) is 0 Å². The smallest absolute Gasteiger partial charge is 0.144 e. The predicted molar refractivity (Wildman–Crippen MR) is 178 cm³/mol. The van der Waals surface area contributed by atoms with Crippen molar-refractivity contribution in [2.45, 2.75) is 0 Å². The molecule has 4 nitrogen and oxygen atoms in total. The maximum absolute atomic E-state index is 15.2. The van der Waals surface area contributed by atoms with E-state index in [0.29, 0.717) is 0 Å². The van der Waals surface area contributed by atoms with Gasteiger partial charge in [0.15, 0.2) is 0 Å². The summed E-state index contributed by atoms with van der Waals surface area (Å²) in [5.74, 6) is 0. The second-order valence-corrected chi connectivity index (χ2v) is 15.3. The van der Waals surface area contributed by atoms with Crippen LogP contribution < -0.4 is 31.0 Å². The van der Waals surface area contributed by atoms with E-state index in [9.17, 15) is 4.57 Å². The van der Waals surface area contributed by atoms with E-state index in [1.807, 2.05) is 99.6 Å². The largest absolute Gasteiger partial charge is 0.343 e. The molecule has 2 atom stereocenters. The molecule has 0 amide bonds. The SMILES string of the molecule is CN1c2cc3ccccc3cc2[PH](=O)c2ccccc2N(C)c2c(ccc3ccccc23)P(C)(=O)c2ccccc21. The molecule has 6 heteroatoms. The van der Waals surface area contributed by atoms with Gasteiger partial charge in [0.25, 0.3) is 0 Å². The first-order chi connectivity index (χ1) is 19.9. The van der Waals surface area contributed by atoms with Crippen molar-refractivity contribution in [3.05, 3.63) is 121 Å². The van der Waals surface area contributed by atoms with Crippen molar-refractivity contribution in [3.8, 4) is 0 Å². The third kappa shape index (κ3) is 4.05. The van der Waals surface area contributed by atoms with Crippen molar-refractivity contribution >= 4 is 80.5 Å². The van der Waals surface area contributed by atoms with Gasteiger partial charge in [-0.2, -0.15) is 0 Å². The Morgan fingerprint density at radius 1 is 0.561 bits per heavy atom. The standard InChI is InChI=1S/C35H30N2O2P2/c1-36-29-17-9-11-19-33(29)41(3,39)34-21-20-24-12-6-7-15-27(24)35(34)37(2)28-16-8-10-18-31(28)40(38)32-23-26-14-5-4-13-25(26)22-30(32)36/h4-23,40H,1-3H3. The van der Waals surface area contributed by atoms with Gasteiger partial charge in [-0.25, -0.2) is 0 Å². The summed E-state index contributed by atoms with van der Waals surface area (Å²) in [6, 6.07) is 40.5. The molecule has 1 aliphatic heterocycles. The van der Waals surface area contributed by atoms with E-state index in [4.69, 9.17) is 0 Å². The number of anilines is 4. The van der Waals surface area contributed by atoms with Crippen LogP contribution in [-0.2, 0) is 9.13 Å². The number of nitrogens with zero attached hydrogens (tertiary/aromatic N) is 2. The van der Waals surface area contributed by atoms with Gasteiger partial charge in [0, 0.05) is 40.7 Å². The molecule has 202 valence electrons. The Morgan fingerprint density at radius 2 is 1.17 bits per heavy atom. The van der Waals surface area contributed by atoms with E-state index >= 15 is 4.57 Å². The van der Waals surface area contributed by atoms with E-state index in [0.717, 1.165) is 65.5 Å². The topological polar surface area (TPSA) is 40.6 Å². The lowest BCUT2D eigenvalue weighted by Crippen LogP contribution is -2.30. The summed E-state index contributed by atoms with van der Waals surface area (Å²) in [6.45, 7) is 1.88. The van der Waals surface area contributed by atoms with Crippen molar-refractivity contribution in [2.75, 3.05) is 30.6 Å². The van der Waals surface area contributed by atoms with Crippen molar-refractivity contribution in [1.29, 1.82) is 0 Å². The van der Waals surface area contributed by atoms with E-state index < -0.39 is 14.9 Å². The molecule has 1 heterocycles. The van der Waals surface area contributed by atoms with Crippen LogP contribution in [0.5, 0.6) is 0 Å². The van der Waals surface area contributed by atoms with Crippen LogP contribution in [0.3, 0.4) is 0 Å². The highest BCUT2D eigenvalue weighted by molar-refractivity contribution is 7.78. The number of fused-ring (bicyclic) bond motifs is 7. The molecule has 7 rings (SSSR count). The first kappa shape index (κ1) is 25.8. The molecule has 0 aliphatic carbocycles. The summed E-state index contributed by atoms with van der Waals surface area (Å²) in [6.07, 6.45) is 0. The van der Waals surface area contributed by atoms with Gasteiger partial charge in [0.1, 0.15) is 14.9 Å². The van der Waals surface area contributed by atoms with Crippen molar-refractivity contribution in [2.24, 2.45) is 0 Å². The minimum atomic E-state index is -3.14. The summed E-state index contributed by atoms with van der Waals surface area (Å²) < 4.78 is 30.0. The van der Waals surface area contributed by atoms with Gasteiger partial charge < -0.3 is 18.9 Å². The molecule has 41 heavy (non-hydrogen) atoms. The average Bonchev–Trinajstić information content (AvgIpc) is 3.02. The molecular weight excluding hydrogens is 542 g/mol. The van der Waals surface area contributed by atoms with Crippen LogP contribution in [0.15, 0.2) is 121 Å². The molecule has 0 bridgehead atoms. The Balaban J connectivity index is 1.64. The van der Waals surface area contributed by atoms with E-state index in [-0.39, 0.29) is 0 Å². The van der Waals surface area contributed by atoms with Crippen molar-refractivity contribution < 1.29 is 9.13 Å². The van der Waals surface area contributed by atoms with E-state index in [1.54, 1.807) is 0 Å². The summed E-state index contributed by atoms with van der Waals surface area (Å²) in [7, 11) is -1.62. The molecule has 6 aromatic carbocycles. The molecule has 0 fully saturated rings. The second kappa shape index (κ2) is 9.77. The van der Waals surface area contributed by atoms with Crippen LogP contribution in [-0.4, -0.2) is 20.8 Å². The molecule has 1 aliphatic rings. The maximum atomic E-state index is 15.2. The van der Waals surface area contributed by atoms with Gasteiger partial charge in [0.2, 0.25) is 0 Å². The van der Waals surface area contributed by atoms with Crippen LogP contribution in [0.1, 0.15) is 0 Å². The highest BCUT2D eigenvalue weighted by Gasteiger charge is 2.33. The zero-order chi connectivity index (χ0) is 28.3. The maximum Gasteiger partial charge on any atom is 0.144 e. The third-order valence-electron chi connectivity index (χ3n) is 8.36. The molecule has 0 spiro atoms. The Bertz CT molecular complexity index is 2070. The number of benzene rings is 6. The molecule has 0 radical (unpaired) electrons. The van der Waals surface area contributed by atoms with Crippen molar-refractivity contribution in [3.63, 3.8) is 0 Å². The van der Waals surface area contributed by atoms with Crippen LogP contribution in [0.4, 0.5) is 22.7 Å². The van der Waals surface area contributed by atoms with Crippen molar-refractivity contribution in [1.82, 2.24) is 0 Å². The van der Waals surface area contributed by atoms with Gasteiger partial charge in [-0.05, 0) is 65.3 Å². The number of hydrogen-bond acceptors (Lipinski definition) is 4. The monoisotopic (exact) mass is 572 g/mol. The van der Waals surface area contributed by atoms with Crippen LogP contribution in [0, 0.1) is 0 Å². The number of hydrogen-bond donors (Lipinski definition) is 0. The predicted octanol–water partition coefficient (Wildman–Crippen LogP) is 7.30. The minimum Gasteiger partial charge on any atom is -0.343 e. The highest BCUT2D eigenvalue weighted by atomic mass is 31.2. The molecule has 0 saturated carbocycles. The van der Waals surface area contributed by atoms with Crippen LogP contribution in [0.25, 0.3) is 21.5 Å². The normalized spacial score (nSPS) is 18.6. The van der Waals surface area contributed by atoms with Crippen LogP contribution >= 0.6 is 14.9 Å². The fraction of sp³-hybridized carbons (Fsp3) is 0.0857.